The zero-order chi connectivity index (χ0) is 10.8. The van der Waals surface area contributed by atoms with Crippen LogP contribution in [0.4, 0.5) is 0 Å². The normalized spacial score (nSPS) is 14.2. The van der Waals surface area contributed by atoms with Crippen molar-refractivity contribution in [2.24, 2.45) is 5.73 Å². The summed E-state index contributed by atoms with van der Waals surface area (Å²) in [6.45, 7) is 2.06. The summed E-state index contributed by atoms with van der Waals surface area (Å²) in [4.78, 5) is 5.04. The Morgan fingerprint density at radius 2 is 2.29 bits per heavy atom. The standard InChI is InChI=1S/C8H14N2O2S2/c1-6-10-5-7(13-6)3-8(4-9)14(2,11)12/h5,8H,3-4,9H2,1-2H3. The highest BCUT2D eigenvalue weighted by molar-refractivity contribution is 7.91. The van der Waals surface area contributed by atoms with E-state index in [0.717, 1.165) is 9.88 Å². The Kier molecular flexibility index (Phi) is 3.63. The Balaban J connectivity index is 2.76. The smallest absolute Gasteiger partial charge is 0.151 e. The molecular formula is C8H14N2O2S2. The van der Waals surface area contributed by atoms with Crippen molar-refractivity contribution in [2.45, 2.75) is 18.6 Å². The van der Waals surface area contributed by atoms with Crippen LogP contribution >= 0.6 is 11.3 Å². The van der Waals surface area contributed by atoms with E-state index >= 15 is 0 Å². The van der Waals surface area contributed by atoms with Gasteiger partial charge in [-0.3, -0.25) is 0 Å². The molecule has 80 valence electrons. The van der Waals surface area contributed by atoms with Gasteiger partial charge in [0.15, 0.2) is 9.84 Å². The molecule has 0 aromatic carbocycles. The Bertz CT molecular complexity index is 397. The first kappa shape index (κ1) is 11.6. The molecule has 0 saturated carbocycles. The summed E-state index contributed by atoms with van der Waals surface area (Å²) in [5, 5.41) is 0.464. The highest BCUT2D eigenvalue weighted by atomic mass is 32.2. The average molecular weight is 234 g/mol. The van der Waals surface area contributed by atoms with Crippen LogP contribution in [0, 0.1) is 6.92 Å². The molecule has 4 nitrogen and oxygen atoms in total. The molecule has 1 unspecified atom stereocenters. The van der Waals surface area contributed by atoms with E-state index in [9.17, 15) is 8.42 Å². The zero-order valence-electron chi connectivity index (χ0n) is 8.23. The van der Waals surface area contributed by atoms with Crippen molar-refractivity contribution in [1.29, 1.82) is 0 Å². The number of aryl methyl sites for hydroxylation is 1. The lowest BCUT2D eigenvalue weighted by Gasteiger charge is -2.10. The van der Waals surface area contributed by atoms with Crippen LogP contribution in [0.25, 0.3) is 0 Å². The topological polar surface area (TPSA) is 73.0 Å². The predicted octanol–water partition coefficient (Wildman–Crippen LogP) is 0.366. The van der Waals surface area contributed by atoms with Crippen LogP contribution in [0.1, 0.15) is 9.88 Å². The van der Waals surface area contributed by atoms with Gasteiger partial charge in [-0.1, -0.05) is 0 Å². The van der Waals surface area contributed by atoms with Crippen LogP contribution in [-0.4, -0.2) is 31.5 Å². The molecule has 0 bridgehead atoms. The molecule has 1 atom stereocenters. The van der Waals surface area contributed by atoms with Crippen molar-refractivity contribution in [3.05, 3.63) is 16.1 Å². The Labute approximate surface area is 88.1 Å². The van der Waals surface area contributed by atoms with Crippen molar-refractivity contribution in [3.63, 3.8) is 0 Å². The minimum absolute atomic E-state index is 0.162. The monoisotopic (exact) mass is 234 g/mol. The Morgan fingerprint density at radius 1 is 1.64 bits per heavy atom. The van der Waals surface area contributed by atoms with E-state index in [0.29, 0.717) is 6.42 Å². The molecule has 0 amide bonds. The number of thiazole rings is 1. The summed E-state index contributed by atoms with van der Waals surface area (Å²) in [6, 6.07) is 0. The number of hydrogen-bond donors (Lipinski definition) is 1. The van der Waals surface area contributed by atoms with Crippen LogP contribution < -0.4 is 5.73 Å². The molecule has 0 radical (unpaired) electrons. The van der Waals surface area contributed by atoms with Gasteiger partial charge in [0, 0.05) is 30.3 Å². The van der Waals surface area contributed by atoms with E-state index in [1.807, 2.05) is 6.92 Å². The van der Waals surface area contributed by atoms with Crippen LogP contribution in [0.5, 0.6) is 0 Å². The molecule has 1 aromatic rings. The number of nitrogens with two attached hydrogens (primary N) is 1. The van der Waals surface area contributed by atoms with E-state index in [1.54, 1.807) is 6.20 Å². The van der Waals surface area contributed by atoms with Gasteiger partial charge in [-0.25, -0.2) is 13.4 Å². The Morgan fingerprint density at radius 3 is 2.64 bits per heavy atom. The fourth-order valence-electron chi connectivity index (χ4n) is 1.13. The van der Waals surface area contributed by atoms with Crippen LogP contribution in [0.15, 0.2) is 6.20 Å². The number of rotatable bonds is 4. The fraction of sp³-hybridized carbons (Fsp3) is 0.625. The zero-order valence-corrected chi connectivity index (χ0v) is 9.86. The van der Waals surface area contributed by atoms with Gasteiger partial charge in [0.1, 0.15) is 0 Å². The van der Waals surface area contributed by atoms with Gasteiger partial charge in [0.25, 0.3) is 0 Å². The number of hydrogen-bond acceptors (Lipinski definition) is 5. The molecule has 1 rings (SSSR count). The summed E-state index contributed by atoms with van der Waals surface area (Å²) >= 11 is 1.52. The molecule has 0 saturated heterocycles. The minimum Gasteiger partial charge on any atom is -0.329 e. The second kappa shape index (κ2) is 4.37. The van der Waals surface area contributed by atoms with E-state index in [2.05, 4.69) is 4.98 Å². The molecule has 14 heavy (non-hydrogen) atoms. The van der Waals surface area contributed by atoms with Crippen molar-refractivity contribution >= 4 is 21.2 Å². The maximum absolute atomic E-state index is 11.3. The maximum atomic E-state index is 11.3. The number of sulfone groups is 1. The number of aromatic nitrogens is 1. The van der Waals surface area contributed by atoms with Gasteiger partial charge in [-0.05, 0) is 6.92 Å². The predicted molar refractivity (Wildman–Crippen MR) is 58.2 cm³/mol. The third-order valence-electron chi connectivity index (χ3n) is 1.97. The molecule has 0 aliphatic heterocycles. The highest BCUT2D eigenvalue weighted by Gasteiger charge is 2.20. The summed E-state index contributed by atoms with van der Waals surface area (Å²) in [5.41, 5.74) is 5.42. The third kappa shape index (κ3) is 3.04. The van der Waals surface area contributed by atoms with E-state index in [4.69, 9.17) is 5.73 Å². The van der Waals surface area contributed by atoms with Crippen molar-refractivity contribution in [2.75, 3.05) is 12.8 Å². The maximum Gasteiger partial charge on any atom is 0.151 e. The highest BCUT2D eigenvalue weighted by Crippen LogP contribution is 2.15. The summed E-state index contributed by atoms with van der Waals surface area (Å²) in [7, 11) is -3.05. The molecule has 6 heteroatoms. The minimum atomic E-state index is -3.05. The summed E-state index contributed by atoms with van der Waals surface area (Å²) in [5.74, 6) is 0. The van der Waals surface area contributed by atoms with Gasteiger partial charge in [-0.15, -0.1) is 11.3 Å². The first-order valence-corrected chi connectivity index (χ1v) is 7.01. The lowest BCUT2D eigenvalue weighted by atomic mass is 10.3. The van der Waals surface area contributed by atoms with E-state index in [-0.39, 0.29) is 6.54 Å². The molecule has 0 aliphatic carbocycles. The average Bonchev–Trinajstić information content (AvgIpc) is 2.45. The molecule has 1 heterocycles. The van der Waals surface area contributed by atoms with Crippen LogP contribution in [0.3, 0.4) is 0 Å². The first-order valence-electron chi connectivity index (χ1n) is 4.23. The van der Waals surface area contributed by atoms with Crippen LogP contribution in [0.2, 0.25) is 0 Å². The molecule has 1 aromatic heterocycles. The van der Waals surface area contributed by atoms with Crippen molar-refractivity contribution in [3.8, 4) is 0 Å². The summed E-state index contributed by atoms with van der Waals surface area (Å²) in [6.07, 6.45) is 3.41. The SMILES string of the molecule is Cc1ncc(CC(CN)S(C)(=O)=O)s1. The second-order valence-corrected chi connectivity index (χ2v) is 6.88. The molecule has 0 aliphatic rings. The van der Waals surface area contributed by atoms with Gasteiger partial charge in [-0.2, -0.15) is 0 Å². The van der Waals surface area contributed by atoms with Gasteiger partial charge < -0.3 is 5.73 Å². The first-order chi connectivity index (χ1) is 6.43. The molecule has 2 N–H and O–H groups in total. The van der Waals surface area contributed by atoms with Gasteiger partial charge in [0.05, 0.1) is 10.3 Å². The number of nitrogens with zero attached hydrogens (tertiary/aromatic N) is 1. The van der Waals surface area contributed by atoms with Gasteiger partial charge >= 0.3 is 0 Å². The lowest BCUT2D eigenvalue weighted by Crippen LogP contribution is -2.30. The van der Waals surface area contributed by atoms with Crippen molar-refractivity contribution in [1.82, 2.24) is 4.98 Å². The van der Waals surface area contributed by atoms with E-state index in [1.165, 1.54) is 17.6 Å². The quantitative estimate of drug-likeness (QED) is 0.816. The largest absolute Gasteiger partial charge is 0.329 e. The van der Waals surface area contributed by atoms with E-state index < -0.39 is 15.1 Å². The molecule has 0 spiro atoms. The van der Waals surface area contributed by atoms with Crippen LogP contribution in [-0.2, 0) is 16.3 Å². The third-order valence-corrected chi connectivity index (χ3v) is 4.47. The van der Waals surface area contributed by atoms with Crippen molar-refractivity contribution < 1.29 is 8.42 Å². The molecular weight excluding hydrogens is 220 g/mol. The van der Waals surface area contributed by atoms with Gasteiger partial charge in [0.2, 0.25) is 0 Å². The second-order valence-electron chi connectivity index (χ2n) is 3.24. The summed E-state index contributed by atoms with van der Waals surface area (Å²) < 4.78 is 22.6. The fourth-order valence-corrected chi connectivity index (χ4v) is 2.95. The lowest BCUT2D eigenvalue weighted by molar-refractivity contribution is 0.584. The molecule has 0 fully saturated rings. The Hall–Kier alpha value is -0.460.